The Balaban J connectivity index is 1.41. The van der Waals surface area contributed by atoms with Gasteiger partial charge in [0, 0.05) is 42.5 Å². The minimum atomic E-state index is -0.208. The van der Waals surface area contributed by atoms with E-state index >= 15 is 0 Å². The van der Waals surface area contributed by atoms with Gasteiger partial charge in [0.15, 0.2) is 5.69 Å². The maximum Gasteiger partial charge on any atom is 0.321 e. The summed E-state index contributed by atoms with van der Waals surface area (Å²) in [7, 11) is 0. The quantitative estimate of drug-likeness (QED) is 0.643. The minimum absolute atomic E-state index is 0.180. The number of hydrogen-bond donors (Lipinski definition) is 1. The summed E-state index contributed by atoms with van der Waals surface area (Å²) in [6.07, 6.45) is 0.678. The van der Waals surface area contributed by atoms with Crippen molar-refractivity contribution in [2.24, 2.45) is 0 Å². The third kappa shape index (κ3) is 4.88. The first-order valence-electron chi connectivity index (χ1n) is 10.1. The molecular formula is C23H23ClN4O3. The number of urea groups is 1. The van der Waals surface area contributed by atoms with Crippen LogP contribution in [0.5, 0.6) is 0 Å². The lowest BCUT2D eigenvalue weighted by atomic mass is 10.2. The van der Waals surface area contributed by atoms with Gasteiger partial charge in [0.05, 0.1) is 0 Å². The van der Waals surface area contributed by atoms with Crippen molar-refractivity contribution in [3.05, 3.63) is 71.1 Å². The first-order valence-corrected chi connectivity index (χ1v) is 10.5. The number of anilines is 1. The van der Waals surface area contributed by atoms with E-state index in [1.165, 1.54) is 0 Å². The SMILES string of the molecule is Cc1oc(-c2ccccc2)nc1C(=O)N1CCCN(C(=O)Nc2cccc(Cl)c2)CC1. The van der Waals surface area contributed by atoms with E-state index in [9.17, 15) is 9.59 Å². The average Bonchev–Trinajstić information content (AvgIpc) is 2.99. The summed E-state index contributed by atoms with van der Waals surface area (Å²) >= 11 is 5.98. The summed E-state index contributed by atoms with van der Waals surface area (Å²) in [6, 6.07) is 16.3. The topological polar surface area (TPSA) is 78.7 Å². The van der Waals surface area contributed by atoms with Gasteiger partial charge >= 0.3 is 6.03 Å². The lowest BCUT2D eigenvalue weighted by molar-refractivity contribution is 0.0755. The normalized spacial score (nSPS) is 14.3. The Hall–Kier alpha value is -3.32. The molecule has 1 fully saturated rings. The molecule has 1 N–H and O–H groups in total. The van der Waals surface area contributed by atoms with Gasteiger partial charge in [0.2, 0.25) is 5.89 Å². The molecule has 1 aromatic heterocycles. The zero-order valence-electron chi connectivity index (χ0n) is 17.2. The molecule has 0 saturated carbocycles. The summed E-state index contributed by atoms with van der Waals surface area (Å²) < 4.78 is 5.74. The van der Waals surface area contributed by atoms with E-state index in [1.54, 1.807) is 41.0 Å². The molecule has 1 aliphatic rings. The lowest BCUT2D eigenvalue weighted by Gasteiger charge is -2.22. The van der Waals surface area contributed by atoms with Crippen LogP contribution in [0.3, 0.4) is 0 Å². The molecule has 0 aliphatic carbocycles. The molecule has 0 unspecified atom stereocenters. The third-order valence-corrected chi connectivity index (χ3v) is 5.40. The van der Waals surface area contributed by atoms with Crippen LogP contribution in [-0.4, -0.2) is 52.9 Å². The molecule has 0 atom stereocenters. The van der Waals surface area contributed by atoms with Crippen LogP contribution in [-0.2, 0) is 0 Å². The lowest BCUT2D eigenvalue weighted by Crippen LogP contribution is -2.39. The average molecular weight is 439 g/mol. The molecule has 1 saturated heterocycles. The Kier molecular flexibility index (Phi) is 6.23. The number of aryl methyl sites for hydroxylation is 1. The summed E-state index contributed by atoms with van der Waals surface area (Å²) in [5, 5.41) is 3.42. The molecule has 8 heteroatoms. The van der Waals surface area contributed by atoms with E-state index in [-0.39, 0.29) is 11.9 Å². The maximum absolute atomic E-state index is 13.1. The Labute approximate surface area is 185 Å². The summed E-state index contributed by atoms with van der Waals surface area (Å²) in [4.78, 5) is 33.6. The highest BCUT2D eigenvalue weighted by Crippen LogP contribution is 2.23. The van der Waals surface area contributed by atoms with Gasteiger partial charge in [0.25, 0.3) is 5.91 Å². The number of oxazole rings is 1. The summed E-state index contributed by atoms with van der Waals surface area (Å²) in [6.45, 7) is 3.71. The van der Waals surface area contributed by atoms with Gasteiger partial charge in [0.1, 0.15) is 5.76 Å². The number of halogens is 1. The predicted molar refractivity (Wildman–Crippen MR) is 119 cm³/mol. The van der Waals surface area contributed by atoms with E-state index in [1.807, 2.05) is 30.3 Å². The number of rotatable bonds is 3. The van der Waals surface area contributed by atoms with Gasteiger partial charge in [-0.25, -0.2) is 9.78 Å². The van der Waals surface area contributed by atoms with Gasteiger partial charge in [-0.3, -0.25) is 4.79 Å². The molecule has 7 nitrogen and oxygen atoms in total. The van der Waals surface area contributed by atoms with Gasteiger partial charge in [-0.1, -0.05) is 35.9 Å². The molecule has 3 amide bonds. The zero-order valence-corrected chi connectivity index (χ0v) is 17.9. The largest absolute Gasteiger partial charge is 0.441 e. The van der Waals surface area contributed by atoms with E-state index in [0.29, 0.717) is 60.7 Å². The summed E-state index contributed by atoms with van der Waals surface area (Å²) in [5.74, 6) is 0.739. The number of aromatic nitrogens is 1. The van der Waals surface area contributed by atoms with Crippen molar-refractivity contribution in [3.8, 4) is 11.5 Å². The fourth-order valence-electron chi connectivity index (χ4n) is 3.54. The number of amides is 3. The van der Waals surface area contributed by atoms with Crippen LogP contribution in [0.25, 0.3) is 11.5 Å². The van der Waals surface area contributed by atoms with Crippen LogP contribution < -0.4 is 5.32 Å². The molecule has 0 radical (unpaired) electrons. The minimum Gasteiger partial charge on any atom is -0.441 e. The Morgan fingerprint density at radius 1 is 1.00 bits per heavy atom. The van der Waals surface area contributed by atoms with Crippen LogP contribution >= 0.6 is 11.6 Å². The molecule has 160 valence electrons. The second-order valence-corrected chi connectivity index (χ2v) is 7.80. The van der Waals surface area contributed by atoms with Crippen LogP contribution in [0.4, 0.5) is 10.5 Å². The van der Waals surface area contributed by atoms with Gasteiger partial charge in [-0.2, -0.15) is 0 Å². The molecule has 2 aromatic carbocycles. The van der Waals surface area contributed by atoms with Crippen molar-refractivity contribution < 1.29 is 14.0 Å². The Bertz CT molecular complexity index is 1080. The standard InChI is InChI=1S/C23H23ClN4O3/c1-16-20(26-21(31-16)17-7-3-2-4-8-17)22(29)27-11-6-12-28(14-13-27)23(30)25-19-10-5-9-18(24)15-19/h2-5,7-10,15H,6,11-14H2,1H3,(H,25,30). The number of carbonyl (C=O) groups is 2. The second-order valence-electron chi connectivity index (χ2n) is 7.36. The zero-order chi connectivity index (χ0) is 21.8. The molecular weight excluding hydrogens is 416 g/mol. The molecule has 0 bridgehead atoms. The van der Waals surface area contributed by atoms with Crippen LogP contribution in [0.2, 0.25) is 5.02 Å². The van der Waals surface area contributed by atoms with Crippen LogP contribution in [0, 0.1) is 6.92 Å². The van der Waals surface area contributed by atoms with Crippen LogP contribution in [0.15, 0.2) is 59.0 Å². The fourth-order valence-corrected chi connectivity index (χ4v) is 3.73. The van der Waals surface area contributed by atoms with Crippen molar-refractivity contribution >= 4 is 29.2 Å². The Morgan fingerprint density at radius 3 is 2.52 bits per heavy atom. The van der Waals surface area contributed by atoms with Crippen LogP contribution in [0.1, 0.15) is 22.7 Å². The van der Waals surface area contributed by atoms with E-state index in [2.05, 4.69) is 10.3 Å². The van der Waals surface area contributed by atoms with Crippen molar-refractivity contribution in [2.45, 2.75) is 13.3 Å². The van der Waals surface area contributed by atoms with E-state index in [4.69, 9.17) is 16.0 Å². The molecule has 31 heavy (non-hydrogen) atoms. The van der Waals surface area contributed by atoms with Crippen molar-refractivity contribution in [1.82, 2.24) is 14.8 Å². The highest BCUT2D eigenvalue weighted by Gasteiger charge is 2.27. The maximum atomic E-state index is 13.1. The van der Waals surface area contributed by atoms with Crippen molar-refractivity contribution in [2.75, 3.05) is 31.5 Å². The number of hydrogen-bond acceptors (Lipinski definition) is 4. The summed E-state index contributed by atoms with van der Waals surface area (Å²) in [5.41, 5.74) is 1.78. The third-order valence-electron chi connectivity index (χ3n) is 5.17. The highest BCUT2D eigenvalue weighted by atomic mass is 35.5. The number of carbonyl (C=O) groups excluding carboxylic acids is 2. The predicted octanol–water partition coefficient (Wildman–Crippen LogP) is 4.68. The molecule has 2 heterocycles. The molecule has 0 spiro atoms. The molecule has 1 aliphatic heterocycles. The fraction of sp³-hybridized carbons (Fsp3) is 0.261. The van der Waals surface area contributed by atoms with Crippen molar-refractivity contribution in [1.29, 1.82) is 0 Å². The first kappa shape index (κ1) is 20.9. The van der Waals surface area contributed by atoms with Gasteiger partial charge in [-0.15, -0.1) is 0 Å². The highest BCUT2D eigenvalue weighted by molar-refractivity contribution is 6.30. The second kappa shape index (κ2) is 9.22. The molecule has 4 rings (SSSR count). The first-order chi connectivity index (χ1) is 15.0. The van der Waals surface area contributed by atoms with E-state index in [0.717, 1.165) is 5.56 Å². The molecule has 3 aromatic rings. The van der Waals surface area contributed by atoms with Crippen molar-refractivity contribution in [3.63, 3.8) is 0 Å². The Morgan fingerprint density at radius 2 is 1.74 bits per heavy atom. The van der Waals surface area contributed by atoms with Gasteiger partial charge in [-0.05, 0) is 43.7 Å². The number of nitrogens with zero attached hydrogens (tertiary/aromatic N) is 3. The van der Waals surface area contributed by atoms with E-state index < -0.39 is 0 Å². The number of benzene rings is 2. The number of nitrogens with one attached hydrogen (secondary N) is 1. The van der Waals surface area contributed by atoms with Gasteiger partial charge < -0.3 is 19.5 Å². The smallest absolute Gasteiger partial charge is 0.321 e. The monoisotopic (exact) mass is 438 g/mol.